The number of benzene rings is 1. The molecule has 2 aromatic rings. The summed E-state index contributed by atoms with van der Waals surface area (Å²) in [6, 6.07) is 4.18. The molecule has 0 aliphatic heterocycles. The van der Waals surface area contributed by atoms with Crippen molar-refractivity contribution in [1.29, 1.82) is 0 Å². The van der Waals surface area contributed by atoms with E-state index in [9.17, 15) is 13.2 Å². The maximum Gasteiger partial charge on any atom is 0.416 e. The lowest BCUT2D eigenvalue weighted by molar-refractivity contribution is -0.137. The maximum absolute atomic E-state index is 12.6. The van der Waals surface area contributed by atoms with E-state index < -0.39 is 17.8 Å². The number of aromatic nitrogens is 2. The normalized spacial score (nSPS) is 13.3. The van der Waals surface area contributed by atoms with Gasteiger partial charge in [-0.2, -0.15) is 13.2 Å². The van der Waals surface area contributed by atoms with Gasteiger partial charge in [-0.3, -0.25) is 9.97 Å². The van der Waals surface area contributed by atoms with Gasteiger partial charge in [0.25, 0.3) is 0 Å². The van der Waals surface area contributed by atoms with Crippen LogP contribution in [0.15, 0.2) is 42.9 Å². The number of rotatable bonds is 2. The Bertz CT molecular complexity index is 526. The Balaban J connectivity index is 2.35. The molecule has 0 spiro atoms. The van der Waals surface area contributed by atoms with Crippen molar-refractivity contribution in [1.82, 2.24) is 9.97 Å². The highest BCUT2D eigenvalue weighted by atomic mass is 19.4. The van der Waals surface area contributed by atoms with E-state index in [0.717, 1.165) is 12.1 Å². The zero-order valence-corrected chi connectivity index (χ0v) is 9.22. The summed E-state index contributed by atoms with van der Waals surface area (Å²) < 4.78 is 37.7. The van der Waals surface area contributed by atoms with Gasteiger partial charge in [-0.15, -0.1) is 0 Å². The lowest BCUT2D eigenvalue weighted by Gasteiger charge is -2.13. The van der Waals surface area contributed by atoms with Gasteiger partial charge < -0.3 is 5.73 Å². The monoisotopic (exact) mass is 253 g/mol. The first kappa shape index (κ1) is 12.5. The fourth-order valence-electron chi connectivity index (χ4n) is 1.55. The zero-order valence-electron chi connectivity index (χ0n) is 9.22. The van der Waals surface area contributed by atoms with E-state index in [2.05, 4.69) is 9.97 Å². The minimum absolute atomic E-state index is 0.352. The molecule has 0 fully saturated rings. The molecule has 1 unspecified atom stereocenters. The van der Waals surface area contributed by atoms with Crippen molar-refractivity contribution in [3.63, 3.8) is 0 Å². The van der Waals surface area contributed by atoms with E-state index in [-0.39, 0.29) is 0 Å². The Morgan fingerprint density at radius 1 is 1.17 bits per heavy atom. The summed E-state index contributed by atoms with van der Waals surface area (Å²) in [6.07, 6.45) is -0.0197. The van der Waals surface area contributed by atoms with Gasteiger partial charge in [-0.05, 0) is 17.7 Å². The van der Waals surface area contributed by atoms with E-state index >= 15 is 0 Å². The third kappa shape index (κ3) is 2.65. The van der Waals surface area contributed by atoms with E-state index in [0.29, 0.717) is 11.3 Å². The summed E-state index contributed by atoms with van der Waals surface area (Å²) in [5.74, 6) is 0. The van der Waals surface area contributed by atoms with Gasteiger partial charge in [0.2, 0.25) is 0 Å². The fourth-order valence-corrected chi connectivity index (χ4v) is 1.55. The van der Waals surface area contributed by atoms with Crippen LogP contribution in [0.25, 0.3) is 0 Å². The Hall–Kier alpha value is -1.95. The molecule has 0 aliphatic carbocycles. The zero-order chi connectivity index (χ0) is 13.2. The molecule has 0 saturated carbocycles. The second-order valence-corrected chi connectivity index (χ2v) is 3.73. The smallest absolute Gasteiger partial charge is 0.319 e. The highest BCUT2D eigenvalue weighted by Crippen LogP contribution is 2.31. The van der Waals surface area contributed by atoms with Crippen molar-refractivity contribution in [2.75, 3.05) is 0 Å². The van der Waals surface area contributed by atoms with Crippen molar-refractivity contribution in [2.45, 2.75) is 12.2 Å². The first-order valence-electron chi connectivity index (χ1n) is 5.17. The maximum atomic E-state index is 12.6. The summed E-state index contributed by atoms with van der Waals surface area (Å²) in [5, 5.41) is 0. The predicted molar refractivity (Wildman–Crippen MR) is 59.5 cm³/mol. The van der Waals surface area contributed by atoms with E-state index in [1.807, 2.05) is 0 Å². The third-order valence-electron chi connectivity index (χ3n) is 2.47. The van der Waals surface area contributed by atoms with Crippen LogP contribution in [0.3, 0.4) is 0 Å². The molecule has 3 nitrogen and oxygen atoms in total. The molecule has 2 N–H and O–H groups in total. The summed E-state index contributed by atoms with van der Waals surface area (Å²) in [5.41, 5.74) is 5.92. The quantitative estimate of drug-likeness (QED) is 0.894. The van der Waals surface area contributed by atoms with Crippen LogP contribution in [0.2, 0.25) is 0 Å². The van der Waals surface area contributed by atoms with Crippen LogP contribution in [-0.4, -0.2) is 9.97 Å². The third-order valence-corrected chi connectivity index (χ3v) is 2.47. The van der Waals surface area contributed by atoms with Crippen LogP contribution < -0.4 is 5.73 Å². The second kappa shape index (κ2) is 4.73. The summed E-state index contributed by atoms with van der Waals surface area (Å²) >= 11 is 0. The van der Waals surface area contributed by atoms with Gasteiger partial charge >= 0.3 is 6.18 Å². The Kier molecular flexibility index (Phi) is 3.29. The average Bonchev–Trinajstić information content (AvgIpc) is 2.38. The number of hydrogen-bond acceptors (Lipinski definition) is 3. The van der Waals surface area contributed by atoms with E-state index in [4.69, 9.17) is 5.73 Å². The Morgan fingerprint density at radius 3 is 2.56 bits per heavy atom. The number of nitrogens with two attached hydrogens (primary N) is 1. The molecule has 0 aliphatic rings. The van der Waals surface area contributed by atoms with Gasteiger partial charge in [-0.25, -0.2) is 0 Å². The highest BCUT2D eigenvalue weighted by Gasteiger charge is 2.30. The average molecular weight is 253 g/mol. The molecule has 94 valence electrons. The minimum Gasteiger partial charge on any atom is -0.319 e. The van der Waals surface area contributed by atoms with Gasteiger partial charge in [0.05, 0.1) is 23.5 Å². The highest BCUT2D eigenvalue weighted by molar-refractivity contribution is 5.31. The van der Waals surface area contributed by atoms with Crippen molar-refractivity contribution in [3.05, 3.63) is 59.7 Å². The molecule has 1 aromatic heterocycles. The number of nitrogens with zero attached hydrogens (tertiary/aromatic N) is 2. The van der Waals surface area contributed by atoms with Crippen LogP contribution in [0.4, 0.5) is 13.2 Å². The molecular formula is C12H10F3N3. The molecule has 0 bridgehead atoms. The predicted octanol–water partition coefficient (Wildman–Crippen LogP) is 2.54. The minimum atomic E-state index is -4.38. The van der Waals surface area contributed by atoms with Crippen LogP contribution in [0.5, 0.6) is 0 Å². The van der Waals surface area contributed by atoms with Crippen molar-refractivity contribution < 1.29 is 13.2 Å². The summed E-state index contributed by atoms with van der Waals surface area (Å²) in [6.45, 7) is 0. The van der Waals surface area contributed by atoms with E-state index in [1.54, 1.807) is 0 Å². The second-order valence-electron chi connectivity index (χ2n) is 3.73. The van der Waals surface area contributed by atoms with E-state index in [1.165, 1.54) is 30.7 Å². The van der Waals surface area contributed by atoms with Crippen LogP contribution >= 0.6 is 0 Å². The lowest BCUT2D eigenvalue weighted by atomic mass is 10.0. The number of hydrogen-bond donors (Lipinski definition) is 1. The van der Waals surface area contributed by atoms with Crippen molar-refractivity contribution >= 4 is 0 Å². The molecule has 0 amide bonds. The molecule has 1 atom stereocenters. The molecule has 2 rings (SSSR count). The molecule has 0 radical (unpaired) electrons. The molecule has 1 heterocycles. The molecular weight excluding hydrogens is 243 g/mol. The van der Waals surface area contributed by atoms with Gasteiger partial charge in [0, 0.05) is 12.4 Å². The first-order valence-corrected chi connectivity index (χ1v) is 5.17. The van der Waals surface area contributed by atoms with Crippen LogP contribution in [0, 0.1) is 0 Å². The SMILES string of the molecule is NC(c1cccc(C(F)(F)F)c1)c1cnccn1. The van der Waals surface area contributed by atoms with Gasteiger partial charge in [-0.1, -0.05) is 12.1 Å². The topological polar surface area (TPSA) is 51.8 Å². The Labute approximate surface area is 101 Å². The van der Waals surface area contributed by atoms with Crippen molar-refractivity contribution in [2.24, 2.45) is 5.73 Å². The first-order chi connectivity index (χ1) is 8.48. The fraction of sp³-hybridized carbons (Fsp3) is 0.167. The van der Waals surface area contributed by atoms with Crippen LogP contribution in [-0.2, 0) is 6.18 Å². The molecule has 18 heavy (non-hydrogen) atoms. The number of alkyl halides is 3. The standard InChI is InChI=1S/C12H10F3N3/c13-12(14,15)9-3-1-2-8(6-9)11(16)10-7-17-4-5-18-10/h1-7,11H,16H2. The summed E-state index contributed by atoms with van der Waals surface area (Å²) in [4.78, 5) is 7.82. The van der Waals surface area contributed by atoms with Crippen LogP contribution in [0.1, 0.15) is 22.9 Å². The van der Waals surface area contributed by atoms with Crippen molar-refractivity contribution in [3.8, 4) is 0 Å². The van der Waals surface area contributed by atoms with Gasteiger partial charge in [0.15, 0.2) is 0 Å². The molecule has 6 heteroatoms. The Morgan fingerprint density at radius 2 is 1.94 bits per heavy atom. The molecule has 1 aromatic carbocycles. The lowest BCUT2D eigenvalue weighted by Crippen LogP contribution is -2.15. The number of halogens is 3. The molecule has 0 saturated heterocycles. The van der Waals surface area contributed by atoms with Gasteiger partial charge in [0.1, 0.15) is 0 Å². The summed E-state index contributed by atoms with van der Waals surface area (Å²) in [7, 11) is 0. The largest absolute Gasteiger partial charge is 0.416 e.